The van der Waals surface area contributed by atoms with Crippen LogP contribution in [0.4, 0.5) is 10.1 Å². The van der Waals surface area contributed by atoms with Crippen molar-refractivity contribution in [2.24, 2.45) is 0 Å². The molecule has 0 saturated carbocycles. The minimum Gasteiger partial charge on any atom is -0.325 e. The molecule has 0 bridgehead atoms. The van der Waals surface area contributed by atoms with Crippen molar-refractivity contribution in [2.75, 3.05) is 11.1 Å². The summed E-state index contributed by atoms with van der Waals surface area (Å²) in [6.45, 7) is 0.553. The number of carbonyl (C=O) groups excluding carboxylic acids is 1. The zero-order valence-corrected chi connectivity index (χ0v) is 19.3. The number of rotatable bonds is 8. The van der Waals surface area contributed by atoms with E-state index in [2.05, 4.69) is 25.6 Å². The summed E-state index contributed by atoms with van der Waals surface area (Å²) in [7, 11) is 0. The van der Waals surface area contributed by atoms with Gasteiger partial charge in [0.05, 0.1) is 17.9 Å². The van der Waals surface area contributed by atoms with Gasteiger partial charge in [-0.1, -0.05) is 54.2 Å². The average Bonchev–Trinajstić information content (AvgIpc) is 3.54. The first-order chi connectivity index (χ1) is 17.2. The van der Waals surface area contributed by atoms with Gasteiger partial charge in [0.1, 0.15) is 18.5 Å². The Balaban J connectivity index is 1.33. The average molecular weight is 486 g/mol. The fourth-order valence-electron chi connectivity index (χ4n) is 3.57. The Morgan fingerprint density at radius 3 is 2.60 bits per heavy atom. The molecule has 0 spiro atoms. The van der Waals surface area contributed by atoms with Crippen LogP contribution in [0.2, 0.25) is 0 Å². The van der Waals surface area contributed by atoms with E-state index in [1.54, 1.807) is 33.8 Å². The minimum atomic E-state index is -0.392. The van der Waals surface area contributed by atoms with E-state index in [-0.39, 0.29) is 11.7 Å². The molecule has 2 aromatic heterocycles. The van der Waals surface area contributed by atoms with Crippen molar-refractivity contribution in [3.63, 3.8) is 0 Å². The van der Waals surface area contributed by atoms with Crippen LogP contribution in [0.15, 0.2) is 96.7 Å². The first-order valence-electron chi connectivity index (χ1n) is 10.8. The molecule has 8 nitrogen and oxygen atoms in total. The van der Waals surface area contributed by atoms with E-state index in [9.17, 15) is 9.18 Å². The smallest absolute Gasteiger partial charge is 0.234 e. The van der Waals surface area contributed by atoms with Gasteiger partial charge in [0.2, 0.25) is 5.91 Å². The summed E-state index contributed by atoms with van der Waals surface area (Å²) in [6.07, 6.45) is 3.12. The molecule has 5 rings (SSSR count). The molecule has 0 aliphatic rings. The predicted octanol–water partition coefficient (Wildman–Crippen LogP) is 4.44. The van der Waals surface area contributed by atoms with E-state index >= 15 is 0 Å². The number of thioether (sulfide) groups is 1. The fraction of sp³-hybridized carbons (Fsp3) is 0.0800. The highest BCUT2D eigenvalue weighted by atomic mass is 32.2. The normalized spacial score (nSPS) is 10.9. The highest BCUT2D eigenvalue weighted by Gasteiger charge is 2.19. The summed E-state index contributed by atoms with van der Waals surface area (Å²) in [4.78, 5) is 16.7. The van der Waals surface area contributed by atoms with Gasteiger partial charge < -0.3 is 5.32 Å². The molecule has 10 heteroatoms. The number of benzene rings is 3. The van der Waals surface area contributed by atoms with Gasteiger partial charge >= 0.3 is 0 Å². The molecule has 35 heavy (non-hydrogen) atoms. The van der Waals surface area contributed by atoms with E-state index in [0.717, 1.165) is 11.3 Å². The van der Waals surface area contributed by atoms with Crippen LogP contribution < -0.4 is 5.32 Å². The van der Waals surface area contributed by atoms with Crippen LogP contribution in [0.25, 0.3) is 17.1 Å². The first kappa shape index (κ1) is 22.5. The fourth-order valence-corrected chi connectivity index (χ4v) is 4.32. The summed E-state index contributed by atoms with van der Waals surface area (Å²) in [5.74, 6) is -0.103. The van der Waals surface area contributed by atoms with Crippen LogP contribution in [0, 0.1) is 5.82 Å². The van der Waals surface area contributed by atoms with Crippen molar-refractivity contribution >= 4 is 23.4 Å². The lowest BCUT2D eigenvalue weighted by Gasteiger charge is -2.11. The van der Waals surface area contributed by atoms with Crippen molar-refractivity contribution in [3.8, 4) is 17.1 Å². The third-order valence-corrected chi connectivity index (χ3v) is 6.05. The molecule has 1 N–H and O–H groups in total. The number of nitrogens with zero attached hydrogens (tertiary/aromatic N) is 6. The molecule has 0 aliphatic heterocycles. The maximum Gasteiger partial charge on any atom is 0.234 e. The monoisotopic (exact) mass is 485 g/mol. The number of anilines is 1. The maximum absolute atomic E-state index is 14.5. The highest BCUT2D eigenvalue weighted by molar-refractivity contribution is 7.99. The maximum atomic E-state index is 14.5. The lowest BCUT2D eigenvalue weighted by molar-refractivity contribution is -0.113. The van der Waals surface area contributed by atoms with E-state index in [1.807, 2.05) is 54.6 Å². The molecule has 174 valence electrons. The lowest BCUT2D eigenvalue weighted by atomic mass is 10.2. The molecule has 3 aromatic carbocycles. The summed E-state index contributed by atoms with van der Waals surface area (Å²) in [6, 6.07) is 23.4. The van der Waals surface area contributed by atoms with Gasteiger partial charge in [-0.3, -0.25) is 9.36 Å². The predicted molar refractivity (Wildman–Crippen MR) is 132 cm³/mol. The Morgan fingerprint density at radius 1 is 0.971 bits per heavy atom. The van der Waals surface area contributed by atoms with Crippen LogP contribution >= 0.6 is 11.8 Å². The number of amides is 1. The molecule has 0 aliphatic carbocycles. The van der Waals surface area contributed by atoms with Gasteiger partial charge in [0, 0.05) is 11.4 Å². The zero-order chi connectivity index (χ0) is 24.0. The van der Waals surface area contributed by atoms with Gasteiger partial charge in [0.15, 0.2) is 11.0 Å². The SMILES string of the molecule is O=C(CSc1nnc(-c2ccccc2F)n1-c1ccccc1)Nc1cccc(Cn2cncn2)c1. The Morgan fingerprint density at radius 2 is 1.80 bits per heavy atom. The Labute approximate surface area is 204 Å². The summed E-state index contributed by atoms with van der Waals surface area (Å²) < 4.78 is 18.0. The third kappa shape index (κ3) is 5.28. The van der Waals surface area contributed by atoms with Gasteiger partial charge in [-0.05, 0) is 42.0 Å². The number of hydrogen-bond donors (Lipinski definition) is 1. The minimum absolute atomic E-state index is 0.107. The first-order valence-corrected chi connectivity index (χ1v) is 11.8. The largest absolute Gasteiger partial charge is 0.325 e. The van der Waals surface area contributed by atoms with Crippen molar-refractivity contribution in [1.29, 1.82) is 0 Å². The number of carbonyl (C=O) groups is 1. The van der Waals surface area contributed by atoms with Crippen LogP contribution in [0.1, 0.15) is 5.56 Å². The molecule has 2 heterocycles. The van der Waals surface area contributed by atoms with E-state index in [4.69, 9.17) is 0 Å². The number of halogens is 1. The summed E-state index contributed by atoms with van der Waals surface area (Å²) >= 11 is 1.23. The Hall–Kier alpha value is -4.31. The van der Waals surface area contributed by atoms with E-state index in [0.29, 0.717) is 28.8 Å². The number of hydrogen-bond acceptors (Lipinski definition) is 6. The molecule has 0 radical (unpaired) electrons. The van der Waals surface area contributed by atoms with Crippen molar-refractivity contribution in [3.05, 3.63) is 103 Å². The molecule has 5 aromatic rings. The summed E-state index contributed by atoms with van der Waals surface area (Å²) in [5.41, 5.74) is 2.79. The number of aromatic nitrogens is 6. The zero-order valence-electron chi connectivity index (χ0n) is 18.5. The highest BCUT2D eigenvalue weighted by Crippen LogP contribution is 2.29. The van der Waals surface area contributed by atoms with Crippen LogP contribution in [-0.2, 0) is 11.3 Å². The van der Waals surface area contributed by atoms with Crippen LogP contribution in [0.5, 0.6) is 0 Å². The second-order valence-electron chi connectivity index (χ2n) is 7.59. The van der Waals surface area contributed by atoms with Crippen LogP contribution in [0.3, 0.4) is 0 Å². The second-order valence-corrected chi connectivity index (χ2v) is 8.53. The molecule has 0 unspecified atom stereocenters. The summed E-state index contributed by atoms with van der Waals surface area (Å²) in [5, 5.41) is 16.0. The standard InChI is InChI=1S/C25H20FN7OS/c26-22-12-5-4-11-21(22)24-30-31-25(33(24)20-9-2-1-3-10-20)35-15-23(34)29-19-8-6-7-18(13-19)14-32-17-27-16-28-32/h1-13,16-17H,14-15H2,(H,29,34). The Kier molecular flexibility index (Phi) is 6.62. The molecule has 0 fully saturated rings. The van der Waals surface area contributed by atoms with Gasteiger partial charge in [-0.2, -0.15) is 5.10 Å². The lowest BCUT2D eigenvalue weighted by Crippen LogP contribution is -2.15. The van der Waals surface area contributed by atoms with Gasteiger partial charge in [0.25, 0.3) is 0 Å². The topological polar surface area (TPSA) is 90.5 Å². The van der Waals surface area contributed by atoms with Crippen LogP contribution in [-0.4, -0.2) is 41.2 Å². The van der Waals surface area contributed by atoms with Crippen molar-refractivity contribution < 1.29 is 9.18 Å². The number of para-hydroxylation sites is 1. The van der Waals surface area contributed by atoms with E-state index in [1.165, 1.54) is 24.2 Å². The molecular formula is C25H20FN7OS. The van der Waals surface area contributed by atoms with Gasteiger partial charge in [-0.15, -0.1) is 10.2 Å². The molecule has 1 amide bonds. The van der Waals surface area contributed by atoms with Crippen molar-refractivity contribution in [1.82, 2.24) is 29.5 Å². The molecule has 0 saturated heterocycles. The van der Waals surface area contributed by atoms with Crippen molar-refractivity contribution in [2.45, 2.75) is 11.7 Å². The molecule has 0 atom stereocenters. The number of nitrogens with one attached hydrogen (secondary N) is 1. The quantitative estimate of drug-likeness (QED) is 0.327. The van der Waals surface area contributed by atoms with Gasteiger partial charge in [-0.25, -0.2) is 14.1 Å². The third-order valence-electron chi connectivity index (χ3n) is 5.12. The second kappa shape index (κ2) is 10.3. The molecular weight excluding hydrogens is 465 g/mol. The Bertz CT molecular complexity index is 1440. The van der Waals surface area contributed by atoms with E-state index < -0.39 is 5.82 Å².